The second-order valence-electron chi connectivity index (χ2n) is 4.74. The van der Waals surface area contributed by atoms with E-state index in [2.05, 4.69) is 0 Å². The molecule has 3 nitrogen and oxygen atoms in total. The van der Waals surface area contributed by atoms with E-state index in [-0.39, 0.29) is 5.56 Å². The summed E-state index contributed by atoms with van der Waals surface area (Å²) in [6.07, 6.45) is -2.59. The van der Waals surface area contributed by atoms with E-state index in [1.807, 2.05) is 0 Å². The van der Waals surface area contributed by atoms with E-state index in [0.717, 1.165) is 0 Å². The van der Waals surface area contributed by atoms with E-state index in [9.17, 15) is 13.9 Å². The quantitative estimate of drug-likeness (QED) is 0.867. The number of hydrogen-bond acceptors (Lipinski definition) is 3. The van der Waals surface area contributed by atoms with Gasteiger partial charge in [0, 0.05) is 24.1 Å². The van der Waals surface area contributed by atoms with Gasteiger partial charge in [0.25, 0.3) is 6.43 Å². The van der Waals surface area contributed by atoms with Crippen molar-refractivity contribution in [3.05, 3.63) is 35.4 Å². The lowest BCUT2D eigenvalue weighted by molar-refractivity contribution is 0.0190. The summed E-state index contributed by atoms with van der Waals surface area (Å²) in [4.78, 5) is 0. The summed E-state index contributed by atoms with van der Waals surface area (Å²) >= 11 is 0. The molecule has 0 radical (unpaired) electrons. The van der Waals surface area contributed by atoms with E-state index in [4.69, 9.17) is 10.5 Å². The molecule has 1 aliphatic heterocycles. The molecule has 2 rings (SSSR count). The Balaban J connectivity index is 2.20. The van der Waals surface area contributed by atoms with Crippen LogP contribution in [0.2, 0.25) is 0 Å². The topological polar surface area (TPSA) is 55.5 Å². The zero-order chi connectivity index (χ0) is 13.2. The maximum atomic E-state index is 12.4. The Labute approximate surface area is 105 Å². The van der Waals surface area contributed by atoms with Crippen LogP contribution in [0.4, 0.5) is 8.78 Å². The first-order chi connectivity index (χ1) is 8.59. The average Bonchev–Trinajstić information content (AvgIpc) is 2.88. The summed E-state index contributed by atoms with van der Waals surface area (Å²) < 4.78 is 30.2. The molecule has 5 heteroatoms. The predicted octanol–water partition coefficient (Wildman–Crippen LogP) is 2.02. The Hall–Kier alpha value is -1.04. The van der Waals surface area contributed by atoms with E-state index >= 15 is 0 Å². The molecule has 0 saturated carbocycles. The van der Waals surface area contributed by atoms with E-state index < -0.39 is 17.9 Å². The van der Waals surface area contributed by atoms with Gasteiger partial charge < -0.3 is 15.6 Å². The number of hydrogen-bond donors (Lipinski definition) is 2. The van der Waals surface area contributed by atoms with Crippen LogP contribution in [0.25, 0.3) is 0 Å². The fourth-order valence-electron chi connectivity index (χ4n) is 2.29. The molecule has 2 atom stereocenters. The van der Waals surface area contributed by atoms with Crippen molar-refractivity contribution in [2.24, 2.45) is 11.1 Å². The highest BCUT2D eigenvalue weighted by atomic mass is 19.3. The highest BCUT2D eigenvalue weighted by molar-refractivity contribution is 5.26. The third kappa shape index (κ3) is 2.39. The van der Waals surface area contributed by atoms with Crippen LogP contribution in [-0.4, -0.2) is 24.9 Å². The molecular formula is C13H17F2NO2. The van der Waals surface area contributed by atoms with Crippen molar-refractivity contribution in [1.82, 2.24) is 0 Å². The Morgan fingerprint density at radius 2 is 1.89 bits per heavy atom. The predicted molar refractivity (Wildman–Crippen MR) is 63.3 cm³/mol. The third-order valence-corrected chi connectivity index (χ3v) is 3.62. The lowest BCUT2D eigenvalue weighted by atomic mass is 9.78. The molecule has 1 saturated heterocycles. The largest absolute Gasteiger partial charge is 0.388 e. The van der Waals surface area contributed by atoms with Crippen LogP contribution in [0.1, 0.15) is 30.1 Å². The van der Waals surface area contributed by atoms with Gasteiger partial charge in [-0.15, -0.1) is 0 Å². The van der Waals surface area contributed by atoms with Gasteiger partial charge in [0.05, 0.1) is 12.7 Å². The van der Waals surface area contributed by atoms with Gasteiger partial charge in [-0.2, -0.15) is 0 Å². The fourth-order valence-corrected chi connectivity index (χ4v) is 2.29. The molecule has 0 bridgehead atoms. The molecular weight excluding hydrogens is 240 g/mol. The van der Waals surface area contributed by atoms with Crippen molar-refractivity contribution in [1.29, 1.82) is 0 Å². The minimum absolute atomic E-state index is 0.0459. The molecule has 3 N–H and O–H groups in total. The number of nitrogens with two attached hydrogens (primary N) is 1. The van der Waals surface area contributed by atoms with Crippen molar-refractivity contribution in [2.45, 2.75) is 19.0 Å². The molecule has 1 aromatic carbocycles. The van der Waals surface area contributed by atoms with Gasteiger partial charge in [-0.05, 0) is 12.0 Å². The molecule has 1 heterocycles. The van der Waals surface area contributed by atoms with Gasteiger partial charge in [-0.1, -0.05) is 24.3 Å². The molecule has 18 heavy (non-hydrogen) atoms. The molecule has 2 unspecified atom stereocenters. The minimum atomic E-state index is -2.49. The highest BCUT2D eigenvalue weighted by Gasteiger charge is 2.41. The lowest BCUT2D eigenvalue weighted by Gasteiger charge is -2.31. The normalized spacial score (nSPS) is 25.6. The van der Waals surface area contributed by atoms with Crippen molar-refractivity contribution in [2.75, 3.05) is 19.8 Å². The molecule has 0 amide bonds. The number of aliphatic hydroxyl groups is 1. The smallest absolute Gasteiger partial charge is 0.263 e. The Bertz CT molecular complexity index is 388. The second kappa shape index (κ2) is 5.30. The maximum absolute atomic E-state index is 12.4. The Morgan fingerprint density at radius 1 is 1.28 bits per heavy atom. The molecule has 1 aromatic rings. The maximum Gasteiger partial charge on any atom is 0.263 e. The number of aliphatic hydroxyl groups excluding tert-OH is 1. The molecule has 0 aromatic heterocycles. The number of halogens is 2. The van der Waals surface area contributed by atoms with Crippen LogP contribution in [0.3, 0.4) is 0 Å². The SMILES string of the molecule is NCC1(C(O)c2ccc(C(F)F)cc2)CCOC1. The average molecular weight is 257 g/mol. The van der Waals surface area contributed by atoms with Gasteiger partial charge in [0.2, 0.25) is 0 Å². The fraction of sp³-hybridized carbons (Fsp3) is 0.538. The van der Waals surface area contributed by atoms with Crippen LogP contribution < -0.4 is 5.73 Å². The summed E-state index contributed by atoms with van der Waals surface area (Å²) in [6, 6.07) is 5.73. The first-order valence-corrected chi connectivity index (χ1v) is 5.93. The lowest BCUT2D eigenvalue weighted by Crippen LogP contribution is -2.37. The number of benzene rings is 1. The second-order valence-corrected chi connectivity index (χ2v) is 4.74. The third-order valence-electron chi connectivity index (χ3n) is 3.62. The Kier molecular flexibility index (Phi) is 3.94. The summed E-state index contributed by atoms with van der Waals surface area (Å²) in [5, 5.41) is 10.4. The summed E-state index contributed by atoms with van der Waals surface area (Å²) in [5.41, 5.74) is 5.79. The van der Waals surface area contributed by atoms with E-state index in [0.29, 0.717) is 31.7 Å². The highest BCUT2D eigenvalue weighted by Crippen LogP contribution is 2.40. The number of alkyl halides is 2. The van der Waals surface area contributed by atoms with Crippen molar-refractivity contribution in [3.8, 4) is 0 Å². The molecule has 100 valence electrons. The van der Waals surface area contributed by atoms with Gasteiger partial charge in [0.1, 0.15) is 0 Å². The monoisotopic (exact) mass is 257 g/mol. The van der Waals surface area contributed by atoms with Crippen molar-refractivity contribution in [3.63, 3.8) is 0 Å². The Morgan fingerprint density at radius 3 is 2.33 bits per heavy atom. The van der Waals surface area contributed by atoms with Gasteiger partial charge >= 0.3 is 0 Å². The van der Waals surface area contributed by atoms with Crippen LogP contribution in [0, 0.1) is 5.41 Å². The van der Waals surface area contributed by atoms with Crippen molar-refractivity contribution < 1.29 is 18.6 Å². The van der Waals surface area contributed by atoms with E-state index in [1.165, 1.54) is 24.3 Å². The summed E-state index contributed by atoms with van der Waals surface area (Å²) in [7, 11) is 0. The van der Waals surface area contributed by atoms with Gasteiger partial charge in [-0.3, -0.25) is 0 Å². The molecule has 0 spiro atoms. The van der Waals surface area contributed by atoms with Crippen LogP contribution in [0.15, 0.2) is 24.3 Å². The molecule has 1 fully saturated rings. The first kappa shape index (κ1) is 13.4. The standard InChI is InChI=1S/C13H17F2NO2/c14-12(15)10-3-1-9(2-4-10)11(17)13(7-16)5-6-18-8-13/h1-4,11-12,17H,5-8,16H2. The zero-order valence-corrected chi connectivity index (χ0v) is 9.98. The van der Waals surface area contributed by atoms with Gasteiger partial charge in [-0.25, -0.2) is 8.78 Å². The minimum Gasteiger partial charge on any atom is -0.388 e. The number of ether oxygens (including phenoxy) is 1. The van der Waals surface area contributed by atoms with Crippen molar-refractivity contribution >= 4 is 0 Å². The van der Waals surface area contributed by atoms with Crippen LogP contribution >= 0.6 is 0 Å². The summed E-state index contributed by atoms with van der Waals surface area (Å²) in [5.74, 6) is 0. The number of rotatable bonds is 4. The zero-order valence-electron chi connectivity index (χ0n) is 9.98. The van der Waals surface area contributed by atoms with Gasteiger partial charge in [0.15, 0.2) is 0 Å². The molecule has 0 aliphatic carbocycles. The van der Waals surface area contributed by atoms with E-state index in [1.54, 1.807) is 0 Å². The van der Waals surface area contributed by atoms with Crippen LogP contribution in [-0.2, 0) is 4.74 Å². The van der Waals surface area contributed by atoms with Crippen LogP contribution in [0.5, 0.6) is 0 Å². The first-order valence-electron chi connectivity index (χ1n) is 5.93. The molecule has 1 aliphatic rings. The summed E-state index contributed by atoms with van der Waals surface area (Å²) in [6.45, 7) is 1.29.